The fourth-order valence-electron chi connectivity index (χ4n) is 2.30. The van der Waals surface area contributed by atoms with Crippen LogP contribution in [0.15, 0.2) is 30.3 Å². The van der Waals surface area contributed by atoms with Gasteiger partial charge in [-0.05, 0) is 32.4 Å². The van der Waals surface area contributed by atoms with E-state index in [0.29, 0.717) is 19.0 Å². The average molecular weight is 363 g/mol. The molecule has 144 valence electrons. The summed E-state index contributed by atoms with van der Waals surface area (Å²) in [5.41, 5.74) is 0.802. The Bertz CT molecular complexity index is 598. The molecular formula is C20H29NO5. The van der Waals surface area contributed by atoms with E-state index >= 15 is 0 Å². The van der Waals surface area contributed by atoms with E-state index in [2.05, 4.69) is 0 Å². The summed E-state index contributed by atoms with van der Waals surface area (Å²) in [6, 6.07) is 7.47. The molecule has 0 aliphatic carbocycles. The zero-order valence-electron chi connectivity index (χ0n) is 15.8. The van der Waals surface area contributed by atoms with Crippen molar-refractivity contribution in [1.29, 1.82) is 0 Å². The summed E-state index contributed by atoms with van der Waals surface area (Å²) in [6.45, 7) is 6.61. The van der Waals surface area contributed by atoms with Crippen molar-refractivity contribution in [3.8, 4) is 5.75 Å². The lowest BCUT2D eigenvalue weighted by molar-refractivity contribution is -0.144. The van der Waals surface area contributed by atoms with Crippen LogP contribution in [0.2, 0.25) is 0 Å². The largest absolute Gasteiger partial charge is 0.493 e. The minimum absolute atomic E-state index is 0.0936. The maximum absolute atomic E-state index is 12.5. The zero-order valence-corrected chi connectivity index (χ0v) is 15.8. The highest BCUT2D eigenvalue weighted by molar-refractivity contribution is 5.92. The van der Waals surface area contributed by atoms with Gasteiger partial charge in [0.2, 0.25) is 5.91 Å². The maximum atomic E-state index is 12.5. The van der Waals surface area contributed by atoms with Gasteiger partial charge in [-0.25, -0.2) is 0 Å². The number of rotatable bonds is 11. The molecule has 1 aromatic carbocycles. The molecule has 0 fully saturated rings. The molecule has 1 amide bonds. The number of para-hydroxylation sites is 1. The van der Waals surface area contributed by atoms with Gasteiger partial charge >= 0.3 is 5.97 Å². The topological polar surface area (TPSA) is 76.1 Å². The molecule has 1 atom stereocenters. The van der Waals surface area contributed by atoms with Crippen molar-refractivity contribution < 1.29 is 24.2 Å². The van der Waals surface area contributed by atoms with Gasteiger partial charge in [0.1, 0.15) is 5.75 Å². The van der Waals surface area contributed by atoms with Crippen molar-refractivity contribution in [3.05, 3.63) is 35.9 Å². The van der Waals surface area contributed by atoms with E-state index in [-0.39, 0.29) is 31.4 Å². The number of hydrogen-bond donors (Lipinski definition) is 1. The first-order chi connectivity index (χ1) is 12.5. The molecule has 26 heavy (non-hydrogen) atoms. The molecule has 1 unspecified atom stereocenters. The minimum Gasteiger partial charge on any atom is -0.493 e. The van der Waals surface area contributed by atoms with E-state index < -0.39 is 6.10 Å². The van der Waals surface area contributed by atoms with Crippen LogP contribution in [-0.4, -0.2) is 54.3 Å². The highest BCUT2D eigenvalue weighted by atomic mass is 16.5. The lowest BCUT2D eigenvalue weighted by Gasteiger charge is -2.22. The van der Waals surface area contributed by atoms with Crippen molar-refractivity contribution in [3.63, 3.8) is 0 Å². The van der Waals surface area contributed by atoms with Gasteiger partial charge in [-0.15, -0.1) is 0 Å². The van der Waals surface area contributed by atoms with E-state index in [1.165, 1.54) is 11.0 Å². The maximum Gasteiger partial charge on any atom is 0.307 e. The summed E-state index contributed by atoms with van der Waals surface area (Å²) in [5.74, 6) is 0.0747. The minimum atomic E-state index is -0.685. The standard InChI is InChI=1S/C20H29NO5/c1-4-14-26-18-9-7-6-8-17(18)10-11-19(23)21(15-16(3)22)13-12-20(24)25-5-2/h6-11,16,22H,4-5,12-15H2,1-3H3/b11-10+. The highest BCUT2D eigenvalue weighted by Gasteiger charge is 2.15. The second-order valence-corrected chi connectivity index (χ2v) is 5.91. The van der Waals surface area contributed by atoms with Crippen molar-refractivity contribution in [2.45, 2.75) is 39.7 Å². The number of carbonyl (C=O) groups is 2. The molecular weight excluding hydrogens is 334 g/mol. The van der Waals surface area contributed by atoms with Crippen LogP contribution in [0.4, 0.5) is 0 Å². The van der Waals surface area contributed by atoms with E-state index in [4.69, 9.17) is 9.47 Å². The molecule has 6 heteroatoms. The third kappa shape index (κ3) is 8.16. The molecule has 1 aromatic rings. The molecule has 0 aromatic heterocycles. The van der Waals surface area contributed by atoms with Crippen molar-refractivity contribution in [2.75, 3.05) is 26.3 Å². The van der Waals surface area contributed by atoms with Crippen LogP contribution < -0.4 is 4.74 Å². The van der Waals surface area contributed by atoms with Crippen molar-refractivity contribution >= 4 is 18.0 Å². The number of aliphatic hydroxyl groups is 1. The van der Waals surface area contributed by atoms with E-state index in [0.717, 1.165) is 12.0 Å². The average Bonchev–Trinajstić information content (AvgIpc) is 2.62. The molecule has 0 aliphatic rings. The van der Waals surface area contributed by atoms with Crippen LogP contribution in [0.25, 0.3) is 6.08 Å². The van der Waals surface area contributed by atoms with Crippen LogP contribution in [0.5, 0.6) is 5.75 Å². The smallest absolute Gasteiger partial charge is 0.307 e. The normalized spacial score (nSPS) is 12.0. The Labute approximate surface area is 155 Å². The van der Waals surface area contributed by atoms with Gasteiger partial charge in [-0.2, -0.15) is 0 Å². The Kier molecular flexibility index (Phi) is 10.1. The summed E-state index contributed by atoms with van der Waals surface area (Å²) < 4.78 is 10.6. The highest BCUT2D eigenvalue weighted by Crippen LogP contribution is 2.19. The summed E-state index contributed by atoms with van der Waals surface area (Å²) in [6.07, 6.45) is 3.42. The zero-order chi connectivity index (χ0) is 19.4. The quantitative estimate of drug-likeness (QED) is 0.483. The number of esters is 1. The Morgan fingerprint density at radius 1 is 1.27 bits per heavy atom. The second-order valence-electron chi connectivity index (χ2n) is 5.91. The van der Waals surface area contributed by atoms with Crippen molar-refractivity contribution in [2.24, 2.45) is 0 Å². The summed E-state index contributed by atoms with van der Waals surface area (Å²) >= 11 is 0. The third-order valence-corrected chi connectivity index (χ3v) is 3.47. The molecule has 6 nitrogen and oxygen atoms in total. The number of hydrogen-bond acceptors (Lipinski definition) is 5. The predicted molar refractivity (Wildman–Crippen MR) is 101 cm³/mol. The number of carbonyl (C=O) groups excluding carboxylic acids is 2. The molecule has 1 rings (SSSR count). The molecule has 1 N–H and O–H groups in total. The first-order valence-electron chi connectivity index (χ1n) is 9.00. The van der Waals surface area contributed by atoms with E-state index in [1.807, 2.05) is 31.2 Å². The van der Waals surface area contributed by atoms with Gasteiger partial charge < -0.3 is 19.5 Å². The Hall–Kier alpha value is -2.34. The molecule has 0 saturated carbocycles. The predicted octanol–water partition coefficient (Wildman–Crippen LogP) is 2.65. The van der Waals surface area contributed by atoms with E-state index in [9.17, 15) is 14.7 Å². The Morgan fingerprint density at radius 3 is 2.65 bits per heavy atom. The van der Waals surface area contributed by atoms with Gasteiger partial charge in [0, 0.05) is 24.7 Å². The second kappa shape index (κ2) is 12.1. The van der Waals surface area contributed by atoms with Crippen LogP contribution in [0.3, 0.4) is 0 Å². The van der Waals surface area contributed by atoms with Gasteiger partial charge in [-0.1, -0.05) is 25.1 Å². The van der Waals surface area contributed by atoms with Crippen LogP contribution in [0.1, 0.15) is 39.2 Å². The number of benzene rings is 1. The number of nitrogens with zero attached hydrogens (tertiary/aromatic N) is 1. The molecule has 0 saturated heterocycles. The summed E-state index contributed by atoms with van der Waals surface area (Å²) in [7, 11) is 0. The van der Waals surface area contributed by atoms with Gasteiger partial charge in [0.05, 0.1) is 25.7 Å². The van der Waals surface area contributed by atoms with Crippen LogP contribution in [0, 0.1) is 0 Å². The first-order valence-corrected chi connectivity index (χ1v) is 9.00. The van der Waals surface area contributed by atoms with Crippen molar-refractivity contribution in [1.82, 2.24) is 4.90 Å². The molecule has 0 spiro atoms. The summed E-state index contributed by atoms with van der Waals surface area (Å²) in [5, 5.41) is 9.61. The Morgan fingerprint density at radius 2 is 2.00 bits per heavy atom. The van der Waals surface area contributed by atoms with Gasteiger partial charge in [-0.3, -0.25) is 9.59 Å². The van der Waals surface area contributed by atoms with Gasteiger partial charge in [0.25, 0.3) is 0 Å². The Balaban J connectivity index is 2.78. The SMILES string of the molecule is CCCOc1ccccc1/C=C/C(=O)N(CCC(=O)OCC)CC(C)O. The van der Waals surface area contributed by atoms with Crippen LogP contribution in [-0.2, 0) is 14.3 Å². The summed E-state index contributed by atoms with van der Waals surface area (Å²) in [4.78, 5) is 25.4. The first kappa shape index (κ1) is 21.7. The lowest BCUT2D eigenvalue weighted by Crippen LogP contribution is -2.37. The van der Waals surface area contributed by atoms with Crippen LogP contribution >= 0.6 is 0 Å². The molecule has 0 aliphatic heterocycles. The molecule has 0 heterocycles. The fourth-order valence-corrected chi connectivity index (χ4v) is 2.30. The number of amides is 1. The molecule has 0 radical (unpaired) electrons. The monoisotopic (exact) mass is 363 g/mol. The molecule has 0 bridgehead atoms. The number of ether oxygens (including phenoxy) is 2. The number of aliphatic hydroxyl groups excluding tert-OH is 1. The third-order valence-electron chi connectivity index (χ3n) is 3.47. The van der Waals surface area contributed by atoms with Gasteiger partial charge in [0.15, 0.2) is 0 Å². The lowest BCUT2D eigenvalue weighted by atomic mass is 10.2. The fraction of sp³-hybridized carbons (Fsp3) is 0.500. The van der Waals surface area contributed by atoms with E-state index in [1.54, 1.807) is 19.9 Å².